The molecular weight excluding hydrogens is 122 g/mol. The molecule has 0 fully saturated rings. The lowest BCUT2D eigenvalue weighted by Gasteiger charge is -1.99. The lowest BCUT2D eigenvalue weighted by atomic mass is 10.1. The van der Waals surface area contributed by atoms with E-state index in [-0.39, 0.29) is 0 Å². The summed E-state index contributed by atoms with van der Waals surface area (Å²) in [5, 5.41) is 0. The molecule has 0 aromatic heterocycles. The number of anilines is 1. The maximum absolute atomic E-state index is 5.68. The Morgan fingerprint density at radius 1 is 1.30 bits per heavy atom. The Bertz CT molecular complexity index is 206. The SMILES string of the molecule is [CH2+]CCc1ccccc1N. The molecule has 1 nitrogen and oxygen atoms in total. The molecule has 0 unspecified atom stereocenters. The summed E-state index contributed by atoms with van der Waals surface area (Å²) in [6.45, 7) is 3.77. The summed E-state index contributed by atoms with van der Waals surface area (Å²) in [4.78, 5) is 0. The molecule has 1 aromatic rings. The maximum Gasteiger partial charge on any atom is 0.0891 e. The number of benzene rings is 1. The van der Waals surface area contributed by atoms with Gasteiger partial charge < -0.3 is 5.73 Å². The minimum absolute atomic E-state index is 0.881. The Hall–Kier alpha value is -1.11. The molecule has 0 saturated carbocycles. The van der Waals surface area contributed by atoms with Crippen LogP contribution in [-0.2, 0) is 6.42 Å². The van der Waals surface area contributed by atoms with Crippen molar-refractivity contribution in [2.75, 3.05) is 5.73 Å². The molecule has 0 spiro atoms. The molecule has 0 bridgehead atoms. The standard InChI is InChI=1S/C9H12N/c1-2-5-8-6-3-4-7-9(8)10/h3-4,6-7H,1-2,5,10H2/q+1. The minimum atomic E-state index is 0.881. The molecular formula is C9H12N+. The smallest absolute Gasteiger partial charge is 0.0891 e. The quantitative estimate of drug-likeness (QED) is 0.486. The molecule has 1 rings (SSSR count). The van der Waals surface area contributed by atoms with Crippen molar-refractivity contribution in [1.82, 2.24) is 0 Å². The fourth-order valence-electron chi connectivity index (χ4n) is 0.952. The van der Waals surface area contributed by atoms with Crippen LogP contribution in [0.3, 0.4) is 0 Å². The van der Waals surface area contributed by atoms with E-state index in [1.807, 2.05) is 24.3 Å². The van der Waals surface area contributed by atoms with E-state index < -0.39 is 0 Å². The van der Waals surface area contributed by atoms with Gasteiger partial charge in [-0.2, -0.15) is 0 Å². The Morgan fingerprint density at radius 3 is 2.60 bits per heavy atom. The minimum Gasteiger partial charge on any atom is -0.399 e. The van der Waals surface area contributed by atoms with Gasteiger partial charge in [-0.25, -0.2) is 0 Å². The average molecular weight is 134 g/mol. The van der Waals surface area contributed by atoms with Crippen LogP contribution in [0.25, 0.3) is 0 Å². The second kappa shape index (κ2) is 3.16. The average Bonchev–Trinajstić information content (AvgIpc) is 1.94. The predicted molar refractivity (Wildman–Crippen MR) is 44.5 cm³/mol. The molecule has 0 aliphatic heterocycles. The van der Waals surface area contributed by atoms with Gasteiger partial charge in [-0.3, -0.25) is 0 Å². The summed E-state index contributed by atoms with van der Waals surface area (Å²) < 4.78 is 0. The van der Waals surface area contributed by atoms with Gasteiger partial charge in [0.2, 0.25) is 0 Å². The largest absolute Gasteiger partial charge is 0.399 e. The summed E-state index contributed by atoms with van der Waals surface area (Å²) in [6.07, 6.45) is 1.89. The van der Waals surface area contributed by atoms with Crippen LogP contribution in [0.1, 0.15) is 12.0 Å². The van der Waals surface area contributed by atoms with Gasteiger partial charge >= 0.3 is 0 Å². The van der Waals surface area contributed by atoms with E-state index in [1.165, 1.54) is 5.56 Å². The number of nitrogen functional groups attached to an aromatic ring is 1. The van der Waals surface area contributed by atoms with E-state index in [0.717, 1.165) is 18.5 Å². The van der Waals surface area contributed by atoms with Gasteiger partial charge in [0.15, 0.2) is 0 Å². The normalized spacial score (nSPS) is 9.60. The molecule has 10 heavy (non-hydrogen) atoms. The van der Waals surface area contributed by atoms with Crippen molar-refractivity contribution in [3.05, 3.63) is 36.8 Å². The number of para-hydroxylation sites is 1. The van der Waals surface area contributed by atoms with Crippen molar-refractivity contribution in [2.45, 2.75) is 12.8 Å². The third-order valence-corrected chi connectivity index (χ3v) is 1.50. The van der Waals surface area contributed by atoms with Gasteiger partial charge in [0.25, 0.3) is 0 Å². The summed E-state index contributed by atoms with van der Waals surface area (Å²) >= 11 is 0. The zero-order valence-corrected chi connectivity index (χ0v) is 6.01. The molecule has 0 radical (unpaired) electrons. The van der Waals surface area contributed by atoms with E-state index >= 15 is 0 Å². The van der Waals surface area contributed by atoms with Crippen molar-refractivity contribution in [2.24, 2.45) is 0 Å². The number of rotatable bonds is 2. The molecule has 2 N–H and O–H groups in total. The lowest BCUT2D eigenvalue weighted by molar-refractivity contribution is 1.00. The molecule has 0 saturated heterocycles. The topological polar surface area (TPSA) is 26.0 Å². The van der Waals surface area contributed by atoms with Crippen molar-refractivity contribution in [3.63, 3.8) is 0 Å². The van der Waals surface area contributed by atoms with Gasteiger partial charge in [-0.15, -0.1) is 0 Å². The van der Waals surface area contributed by atoms with Crippen LogP contribution in [0.4, 0.5) is 5.69 Å². The van der Waals surface area contributed by atoms with E-state index in [0.29, 0.717) is 0 Å². The van der Waals surface area contributed by atoms with Crippen LogP contribution >= 0.6 is 0 Å². The Labute approximate surface area is 61.9 Å². The van der Waals surface area contributed by atoms with Crippen LogP contribution < -0.4 is 5.73 Å². The Kier molecular flexibility index (Phi) is 2.21. The number of aryl methyl sites for hydroxylation is 1. The number of hydrogen-bond acceptors (Lipinski definition) is 1. The maximum atomic E-state index is 5.68. The first kappa shape index (κ1) is 7.00. The molecule has 0 aliphatic carbocycles. The zero-order valence-electron chi connectivity index (χ0n) is 6.01. The van der Waals surface area contributed by atoms with E-state index in [1.54, 1.807) is 0 Å². The summed E-state index contributed by atoms with van der Waals surface area (Å²) in [6, 6.07) is 7.91. The highest BCUT2D eigenvalue weighted by molar-refractivity contribution is 5.46. The monoisotopic (exact) mass is 134 g/mol. The molecule has 0 amide bonds. The van der Waals surface area contributed by atoms with Crippen molar-refractivity contribution in [3.8, 4) is 0 Å². The Morgan fingerprint density at radius 2 is 2.00 bits per heavy atom. The summed E-state index contributed by atoms with van der Waals surface area (Å²) in [5.41, 5.74) is 7.77. The molecule has 0 heterocycles. The fraction of sp³-hybridized carbons (Fsp3) is 0.222. The van der Waals surface area contributed by atoms with Gasteiger partial charge in [-0.05, 0) is 11.6 Å². The second-order valence-electron chi connectivity index (χ2n) is 2.30. The summed E-state index contributed by atoms with van der Waals surface area (Å²) in [5.74, 6) is 0. The van der Waals surface area contributed by atoms with E-state index in [2.05, 4.69) is 6.92 Å². The number of hydrogen-bond donors (Lipinski definition) is 1. The van der Waals surface area contributed by atoms with Crippen LogP contribution in [0.2, 0.25) is 0 Å². The third kappa shape index (κ3) is 1.44. The lowest BCUT2D eigenvalue weighted by Crippen LogP contribution is -1.92. The van der Waals surface area contributed by atoms with E-state index in [4.69, 9.17) is 5.73 Å². The molecule has 0 atom stereocenters. The first-order valence-corrected chi connectivity index (χ1v) is 3.47. The van der Waals surface area contributed by atoms with Gasteiger partial charge in [0.1, 0.15) is 0 Å². The Balaban J connectivity index is 2.81. The van der Waals surface area contributed by atoms with Crippen molar-refractivity contribution in [1.29, 1.82) is 0 Å². The first-order chi connectivity index (χ1) is 4.84. The van der Waals surface area contributed by atoms with Crippen LogP contribution in [0.15, 0.2) is 24.3 Å². The molecule has 52 valence electrons. The fourth-order valence-corrected chi connectivity index (χ4v) is 0.952. The predicted octanol–water partition coefficient (Wildman–Crippen LogP) is 2.04. The molecule has 1 heteroatoms. The zero-order chi connectivity index (χ0) is 7.40. The van der Waals surface area contributed by atoms with Gasteiger partial charge in [0.05, 0.1) is 13.3 Å². The van der Waals surface area contributed by atoms with E-state index in [9.17, 15) is 0 Å². The highest BCUT2D eigenvalue weighted by Gasteiger charge is 1.95. The van der Waals surface area contributed by atoms with Crippen LogP contribution in [-0.4, -0.2) is 0 Å². The van der Waals surface area contributed by atoms with Gasteiger partial charge in [0, 0.05) is 12.1 Å². The van der Waals surface area contributed by atoms with Crippen molar-refractivity contribution < 1.29 is 0 Å². The van der Waals surface area contributed by atoms with Crippen molar-refractivity contribution >= 4 is 5.69 Å². The highest BCUT2D eigenvalue weighted by atomic mass is 14.6. The molecule has 1 aromatic carbocycles. The van der Waals surface area contributed by atoms with Gasteiger partial charge in [-0.1, -0.05) is 18.2 Å². The molecule has 0 aliphatic rings. The number of nitrogens with two attached hydrogens (primary N) is 1. The summed E-state index contributed by atoms with van der Waals surface area (Å²) in [7, 11) is 0. The first-order valence-electron chi connectivity index (χ1n) is 3.47. The highest BCUT2D eigenvalue weighted by Crippen LogP contribution is 2.11. The van der Waals surface area contributed by atoms with Crippen LogP contribution in [0.5, 0.6) is 0 Å². The third-order valence-electron chi connectivity index (χ3n) is 1.50. The second-order valence-corrected chi connectivity index (χ2v) is 2.30. The van der Waals surface area contributed by atoms with Crippen LogP contribution in [0, 0.1) is 6.92 Å².